The largest absolute Gasteiger partial charge is 0.351 e. The second-order valence-electron chi connectivity index (χ2n) is 8.98. The van der Waals surface area contributed by atoms with E-state index in [4.69, 9.17) is 11.6 Å². The number of amides is 2. The molecule has 1 N–H and O–H groups in total. The summed E-state index contributed by atoms with van der Waals surface area (Å²) in [7, 11) is 0. The highest BCUT2D eigenvalue weighted by Gasteiger charge is 2.58. The number of fused-ring (bicyclic) bond motifs is 2. The molecule has 1 aromatic carbocycles. The van der Waals surface area contributed by atoms with Crippen LogP contribution in [0.15, 0.2) is 43.0 Å². The third-order valence-electron chi connectivity index (χ3n) is 6.85. The molecule has 2 aromatic rings. The number of aromatic nitrogens is 2. The molecule has 0 saturated heterocycles. The molecule has 2 aliphatic rings. The maximum Gasteiger partial charge on any atom is 0.278 e. The van der Waals surface area contributed by atoms with Gasteiger partial charge < -0.3 is 5.32 Å². The smallest absolute Gasteiger partial charge is 0.278 e. The number of nitrogens with one attached hydrogen (secondary N) is 1. The molecular formula is C23H24ClF3N4O2. The number of aryl methyl sites for hydroxylation is 1. The quantitative estimate of drug-likeness (QED) is 0.631. The van der Waals surface area contributed by atoms with Crippen molar-refractivity contribution in [3.05, 3.63) is 54.1 Å². The minimum Gasteiger partial charge on any atom is -0.351 e. The van der Waals surface area contributed by atoms with Crippen LogP contribution in [-0.2, 0) is 15.1 Å². The van der Waals surface area contributed by atoms with Crippen molar-refractivity contribution >= 4 is 29.1 Å². The highest BCUT2D eigenvalue weighted by atomic mass is 35.5. The van der Waals surface area contributed by atoms with Crippen LogP contribution in [0, 0.1) is 18.8 Å². The average molecular weight is 481 g/mol. The summed E-state index contributed by atoms with van der Waals surface area (Å²) in [5.74, 6) is -5.67. The molecule has 2 saturated carbocycles. The molecule has 4 rings (SSSR count). The Morgan fingerprint density at radius 1 is 1.21 bits per heavy atom. The number of benzene rings is 1. The summed E-state index contributed by atoms with van der Waals surface area (Å²) in [5, 5.41) is 2.86. The Labute approximate surface area is 194 Å². The second-order valence-corrected chi connectivity index (χ2v) is 9.37. The summed E-state index contributed by atoms with van der Waals surface area (Å²) in [6.07, 6.45) is 4.16. The van der Waals surface area contributed by atoms with Crippen LogP contribution in [0.1, 0.15) is 37.3 Å². The number of carbonyl (C=O) groups excluding carboxylic acids is 2. The summed E-state index contributed by atoms with van der Waals surface area (Å²) in [5.41, 5.74) is -2.84. The fraction of sp³-hybridized carbons (Fsp3) is 0.478. The summed E-state index contributed by atoms with van der Waals surface area (Å²) in [4.78, 5) is 35.7. The van der Waals surface area contributed by atoms with Crippen molar-refractivity contribution in [2.75, 3.05) is 4.90 Å². The normalized spacial score (nSPS) is 25.8. The van der Waals surface area contributed by atoms with Crippen LogP contribution in [0.25, 0.3) is 0 Å². The second kappa shape index (κ2) is 8.59. The molecule has 1 aromatic heterocycles. The zero-order valence-corrected chi connectivity index (χ0v) is 18.9. The van der Waals surface area contributed by atoms with Crippen LogP contribution < -0.4 is 10.2 Å². The topological polar surface area (TPSA) is 75.2 Å². The van der Waals surface area contributed by atoms with Gasteiger partial charge >= 0.3 is 0 Å². The maximum absolute atomic E-state index is 14.2. The lowest BCUT2D eigenvalue weighted by Crippen LogP contribution is -2.60. The average Bonchev–Trinajstić information content (AvgIpc) is 3.31. The molecule has 0 spiro atoms. The van der Waals surface area contributed by atoms with Gasteiger partial charge in [0.15, 0.2) is 5.54 Å². The van der Waals surface area contributed by atoms with E-state index in [2.05, 4.69) is 15.3 Å². The molecule has 2 amide bonds. The molecule has 176 valence electrons. The Morgan fingerprint density at radius 2 is 1.85 bits per heavy atom. The number of halogens is 4. The molecule has 33 heavy (non-hydrogen) atoms. The molecule has 1 heterocycles. The fourth-order valence-corrected chi connectivity index (χ4v) is 5.10. The number of alkyl halides is 4. The van der Waals surface area contributed by atoms with Gasteiger partial charge in [-0.3, -0.25) is 14.5 Å². The number of nitrogens with zero attached hydrogens (tertiary/aromatic N) is 3. The van der Waals surface area contributed by atoms with E-state index in [1.54, 1.807) is 24.3 Å². The van der Waals surface area contributed by atoms with E-state index in [-0.39, 0.29) is 30.0 Å². The third-order valence-corrected chi connectivity index (χ3v) is 7.04. The number of carbonyl (C=O) groups is 2. The minimum absolute atomic E-state index is 0.143. The predicted molar refractivity (Wildman–Crippen MR) is 117 cm³/mol. The molecule has 5 atom stereocenters. The summed E-state index contributed by atoms with van der Waals surface area (Å²) in [6, 6.07) is 6.13. The van der Waals surface area contributed by atoms with Crippen LogP contribution in [0.5, 0.6) is 0 Å². The van der Waals surface area contributed by atoms with E-state index < -0.39 is 40.9 Å². The third kappa shape index (κ3) is 4.18. The van der Waals surface area contributed by atoms with Crippen LogP contribution in [0.4, 0.5) is 18.9 Å². The molecule has 2 fully saturated rings. The van der Waals surface area contributed by atoms with E-state index in [9.17, 15) is 22.8 Å². The van der Waals surface area contributed by atoms with E-state index in [0.29, 0.717) is 6.42 Å². The van der Waals surface area contributed by atoms with Crippen LogP contribution >= 0.6 is 11.6 Å². The highest BCUT2D eigenvalue weighted by molar-refractivity contribution is 6.32. The van der Waals surface area contributed by atoms with E-state index in [1.807, 2.05) is 6.92 Å². The van der Waals surface area contributed by atoms with Crippen molar-refractivity contribution < 1.29 is 22.8 Å². The predicted octanol–water partition coefficient (Wildman–Crippen LogP) is 4.12. The Hall–Kier alpha value is -2.68. The number of hydrogen-bond acceptors (Lipinski definition) is 4. The number of rotatable bonds is 6. The Bertz CT molecular complexity index is 1040. The van der Waals surface area contributed by atoms with Gasteiger partial charge in [-0.05, 0) is 44.7 Å². The lowest BCUT2D eigenvalue weighted by atomic mass is 9.87. The monoisotopic (exact) mass is 480 g/mol. The lowest BCUT2D eigenvalue weighted by Gasteiger charge is -2.41. The first-order chi connectivity index (χ1) is 15.5. The SMILES string of the molecule is Cc1ccc(N(C(=O)[C@H](F)Cl)[C@](C)(C(=O)N[C@@H]2CC3CC2CC3(F)F)c2cncnc2)cc1. The molecule has 10 heteroatoms. The Balaban J connectivity index is 1.75. The molecule has 2 bridgehead atoms. The van der Waals surface area contributed by atoms with Gasteiger partial charge in [-0.2, -0.15) is 0 Å². The van der Waals surface area contributed by atoms with E-state index in [1.165, 1.54) is 25.6 Å². The summed E-state index contributed by atoms with van der Waals surface area (Å²) < 4.78 is 42.1. The highest BCUT2D eigenvalue weighted by Crippen LogP contribution is 2.53. The van der Waals surface area contributed by atoms with Crippen molar-refractivity contribution in [3.63, 3.8) is 0 Å². The van der Waals surface area contributed by atoms with Gasteiger partial charge in [0.1, 0.15) is 6.33 Å². The molecule has 2 unspecified atom stereocenters. The number of hydrogen-bond donors (Lipinski definition) is 1. The first kappa shape index (κ1) is 23.5. The Kier molecular flexibility index (Phi) is 6.11. The van der Waals surface area contributed by atoms with Gasteiger partial charge in [0.25, 0.3) is 23.4 Å². The molecule has 6 nitrogen and oxygen atoms in total. The number of anilines is 1. The molecular weight excluding hydrogens is 457 g/mol. The zero-order chi connectivity index (χ0) is 24.0. The van der Waals surface area contributed by atoms with Gasteiger partial charge in [0.05, 0.1) is 0 Å². The standard InChI is InChI=1S/C23H24ClF3N4O2/c1-13-3-5-17(6-4-13)31(20(32)19(24)25)22(2,16-10-28-12-29-11-16)21(33)30-18-8-15-7-14(18)9-23(15,26)27/h3-6,10-12,14-15,18-19H,7-9H2,1-2H3,(H,30,33)/t14?,15?,18-,19+,22+/m1/s1. The van der Waals surface area contributed by atoms with Crippen molar-refractivity contribution in [2.24, 2.45) is 11.8 Å². The zero-order valence-electron chi connectivity index (χ0n) is 18.1. The van der Waals surface area contributed by atoms with Gasteiger partial charge in [-0.1, -0.05) is 29.3 Å². The van der Waals surface area contributed by atoms with Gasteiger partial charge in [-0.25, -0.2) is 23.1 Å². The van der Waals surface area contributed by atoms with Crippen LogP contribution in [0.3, 0.4) is 0 Å². The van der Waals surface area contributed by atoms with E-state index >= 15 is 0 Å². The molecule has 2 aliphatic carbocycles. The van der Waals surface area contributed by atoms with Crippen molar-refractivity contribution in [3.8, 4) is 0 Å². The van der Waals surface area contributed by atoms with Crippen LogP contribution in [0.2, 0.25) is 0 Å². The molecule has 0 aliphatic heterocycles. The minimum atomic E-state index is -2.73. The van der Waals surface area contributed by atoms with Crippen molar-refractivity contribution in [1.82, 2.24) is 15.3 Å². The van der Waals surface area contributed by atoms with E-state index in [0.717, 1.165) is 10.5 Å². The van der Waals surface area contributed by atoms with Crippen molar-refractivity contribution in [2.45, 2.75) is 56.2 Å². The fourth-order valence-electron chi connectivity index (χ4n) is 5.01. The first-order valence-corrected chi connectivity index (χ1v) is 11.1. The lowest BCUT2D eigenvalue weighted by molar-refractivity contribution is -0.132. The maximum atomic E-state index is 14.2. The van der Waals surface area contributed by atoms with Crippen LogP contribution in [-0.4, -0.2) is 39.4 Å². The first-order valence-electron chi connectivity index (χ1n) is 10.7. The van der Waals surface area contributed by atoms with Crippen molar-refractivity contribution in [1.29, 1.82) is 0 Å². The Morgan fingerprint density at radius 3 is 2.36 bits per heavy atom. The molecule has 0 radical (unpaired) electrons. The van der Waals surface area contributed by atoms with Gasteiger partial charge in [0.2, 0.25) is 0 Å². The van der Waals surface area contributed by atoms with Gasteiger partial charge in [0, 0.05) is 42.0 Å². The van der Waals surface area contributed by atoms with Gasteiger partial charge in [-0.15, -0.1) is 0 Å². The summed E-state index contributed by atoms with van der Waals surface area (Å²) in [6.45, 7) is 3.29. The summed E-state index contributed by atoms with van der Waals surface area (Å²) >= 11 is 5.55.